The Kier molecular flexibility index (Phi) is 3.50. The minimum Gasteiger partial charge on any atom is -0.344 e. The van der Waals surface area contributed by atoms with E-state index in [2.05, 4.69) is 17.1 Å². The smallest absolute Gasteiger partial charge is 0.241 e. The van der Waals surface area contributed by atoms with E-state index < -0.39 is 0 Å². The summed E-state index contributed by atoms with van der Waals surface area (Å²) in [6.07, 6.45) is 3.63. The van der Waals surface area contributed by atoms with Gasteiger partial charge in [-0.2, -0.15) is 0 Å². The van der Waals surface area contributed by atoms with E-state index in [1.165, 1.54) is 12.8 Å². The predicted octanol–water partition coefficient (Wildman–Crippen LogP) is 0.289. The molecule has 0 aromatic carbocycles. The molecule has 2 aliphatic rings. The van der Waals surface area contributed by atoms with Crippen LogP contribution in [0.15, 0.2) is 0 Å². The maximum absolute atomic E-state index is 12.3. The van der Waals surface area contributed by atoms with Crippen molar-refractivity contribution in [3.63, 3.8) is 0 Å². The molecule has 16 heavy (non-hydrogen) atoms. The molecule has 0 bridgehead atoms. The van der Waals surface area contributed by atoms with Crippen molar-refractivity contribution < 1.29 is 4.79 Å². The number of likely N-dealkylation sites (N-methyl/N-ethyl adjacent to an activating group) is 2. The molecule has 2 atom stereocenters. The number of amides is 1. The number of rotatable bonds is 3. The quantitative estimate of drug-likeness (QED) is 0.750. The van der Waals surface area contributed by atoms with Crippen molar-refractivity contribution in [2.75, 3.05) is 27.2 Å². The van der Waals surface area contributed by atoms with E-state index in [9.17, 15) is 4.79 Å². The average Bonchev–Trinajstić information content (AvgIpc) is 3.07. The van der Waals surface area contributed by atoms with Gasteiger partial charge in [0.2, 0.25) is 5.91 Å². The van der Waals surface area contributed by atoms with E-state index >= 15 is 0 Å². The lowest BCUT2D eigenvalue weighted by Gasteiger charge is -2.33. The van der Waals surface area contributed by atoms with Gasteiger partial charge in [-0.15, -0.1) is 0 Å². The Bertz CT molecular complexity index is 265. The summed E-state index contributed by atoms with van der Waals surface area (Å²) < 4.78 is 0. The van der Waals surface area contributed by atoms with Crippen LogP contribution in [0, 0.1) is 0 Å². The molecule has 1 saturated carbocycles. The molecule has 92 valence electrons. The molecule has 2 rings (SSSR count). The fourth-order valence-corrected chi connectivity index (χ4v) is 2.70. The first-order valence-electron chi connectivity index (χ1n) is 6.32. The highest BCUT2D eigenvalue weighted by Gasteiger charge is 2.42. The fourth-order valence-electron chi connectivity index (χ4n) is 2.70. The summed E-state index contributed by atoms with van der Waals surface area (Å²) >= 11 is 0. The van der Waals surface area contributed by atoms with Gasteiger partial charge in [0, 0.05) is 32.2 Å². The van der Waals surface area contributed by atoms with Crippen molar-refractivity contribution in [1.82, 2.24) is 15.1 Å². The Balaban J connectivity index is 2.17. The summed E-state index contributed by atoms with van der Waals surface area (Å²) in [6, 6.07) is 1.23. The molecule has 0 spiro atoms. The summed E-state index contributed by atoms with van der Waals surface area (Å²) in [5, 5.41) is 3.16. The SMILES string of the molecule is CNCC1C(=O)N(C)CCC(C)N1C1CC1. The molecule has 2 unspecified atom stereocenters. The highest BCUT2D eigenvalue weighted by Crippen LogP contribution is 2.32. The summed E-state index contributed by atoms with van der Waals surface area (Å²) in [6.45, 7) is 3.92. The maximum Gasteiger partial charge on any atom is 0.241 e. The first kappa shape index (κ1) is 11.9. The number of hydrogen-bond donors (Lipinski definition) is 1. The van der Waals surface area contributed by atoms with Crippen LogP contribution in [0.5, 0.6) is 0 Å². The number of carbonyl (C=O) groups excluding carboxylic acids is 1. The third-order valence-electron chi connectivity index (χ3n) is 3.78. The van der Waals surface area contributed by atoms with E-state index in [0.29, 0.717) is 12.1 Å². The molecule has 1 N–H and O–H groups in total. The second-order valence-electron chi connectivity index (χ2n) is 5.15. The average molecular weight is 225 g/mol. The van der Waals surface area contributed by atoms with E-state index in [1.807, 2.05) is 19.0 Å². The van der Waals surface area contributed by atoms with Gasteiger partial charge in [-0.1, -0.05) is 0 Å². The molecule has 2 fully saturated rings. The number of hydrogen-bond acceptors (Lipinski definition) is 3. The standard InChI is InChI=1S/C12H23N3O/c1-9-6-7-14(3)12(16)11(8-13-2)15(9)10-4-5-10/h9-11,13H,4-8H2,1-3H3. The van der Waals surface area contributed by atoms with Crippen LogP contribution in [0.4, 0.5) is 0 Å². The molecule has 0 radical (unpaired) electrons. The number of nitrogens with zero attached hydrogens (tertiary/aromatic N) is 2. The van der Waals surface area contributed by atoms with Crippen LogP contribution in [-0.4, -0.2) is 61.0 Å². The van der Waals surface area contributed by atoms with Gasteiger partial charge < -0.3 is 10.2 Å². The van der Waals surface area contributed by atoms with E-state index in [1.54, 1.807) is 0 Å². The minimum atomic E-state index is 0.0417. The molecule has 0 aromatic heterocycles. The summed E-state index contributed by atoms with van der Waals surface area (Å²) in [4.78, 5) is 16.6. The number of nitrogens with one attached hydrogen (secondary N) is 1. The van der Waals surface area contributed by atoms with Crippen molar-refractivity contribution in [2.45, 2.75) is 44.3 Å². The lowest BCUT2D eigenvalue weighted by atomic mass is 10.1. The van der Waals surface area contributed by atoms with Crippen molar-refractivity contribution in [2.24, 2.45) is 0 Å². The first-order chi connectivity index (χ1) is 7.65. The van der Waals surface area contributed by atoms with Gasteiger partial charge in [0.15, 0.2) is 0 Å². The molecule has 0 aromatic rings. The van der Waals surface area contributed by atoms with Gasteiger partial charge in [-0.3, -0.25) is 9.69 Å². The van der Waals surface area contributed by atoms with Gasteiger partial charge in [0.1, 0.15) is 6.04 Å². The Hall–Kier alpha value is -0.610. The normalized spacial score (nSPS) is 32.9. The fraction of sp³-hybridized carbons (Fsp3) is 0.917. The van der Waals surface area contributed by atoms with Crippen molar-refractivity contribution in [3.8, 4) is 0 Å². The Morgan fingerprint density at radius 1 is 1.38 bits per heavy atom. The molecule has 1 aliphatic carbocycles. The van der Waals surface area contributed by atoms with Crippen molar-refractivity contribution in [3.05, 3.63) is 0 Å². The monoisotopic (exact) mass is 225 g/mol. The third-order valence-corrected chi connectivity index (χ3v) is 3.78. The number of carbonyl (C=O) groups is 1. The van der Waals surface area contributed by atoms with Gasteiger partial charge in [-0.25, -0.2) is 0 Å². The lowest BCUT2D eigenvalue weighted by molar-refractivity contribution is -0.134. The Morgan fingerprint density at radius 2 is 2.06 bits per heavy atom. The van der Waals surface area contributed by atoms with E-state index in [-0.39, 0.29) is 11.9 Å². The molecular weight excluding hydrogens is 202 g/mol. The van der Waals surface area contributed by atoms with E-state index in [0.717, 1.165) is 19.5 Å². The third kappa shape index (κ3) is 2.23. The minimum absolute atomic E-state index is 0.0417. The molecule has 1 saturated heterocycles. The molecular formula is C12H23N3O. The lowest BCUT2D eigenvalue weighted by Crippen LogP contribution is -2.52. The van der Waals surface area contributed by atoms with Crippen LogP contribution in [0.25, 0.3) is 0 Å². The maximum atomic E-state index is 12.3. The topological polar surface area (TPSA) is 35.6 Å². The first-order valence-corrected chi connectivity index (χ1v) is 6.32. The van der Waals surface area contributed by atoms with E-state index in [4.69, 9.17) is 0 Å². The van der Waals surface area contributed by atoms with Crippen LogP contribution in [0.1, 0.15) is 26.2 Å². The molecule has 1 amide bonds. The summed E-state index contributed by atoms with van der Waals surface area (Å²) in [5.74, 6) is 0.283. The van der Waals surface area contributed by atoms with Gasteiger partial charge in [0.05, 0.1) is 0 Å². The highest BCUT2D eigenvalue weighted by molar-refractivity contribution is 5.82. The summed E-state index contributed by atoms with van der Waals surface area (Å²) in [7, 11) is 3.85. The molecule has 1 heterocycles. The van der Waals surface area contributed by atoms with Crippen LogP contribution in [-0.2, 0) is 4.79 Å². The molecule has 4 nitrogen and oxygen atoms in total. The highest BCUT2D eigenvalue weighted by atomic mass is 16.2. The largest absolute Gasteiger partial charge is 0.344 e. The zero-order chi connectivity index (χ0) is 11.7. The van der Waals surface area contributed by atoms with Crippen LogP contribution >= 0.6 is 0 Å². The second-order valence-corrected chi connectivity index (χ2v) is 5.15. The predicted molar refractivity (Wildman–Crippen MR) is 64.3 cm³/mol. The molecule has 1 aliphatic heterocycles. The van der Waals surface area contributed by atoms with Gasteiger partial charge in [0.25, 0.3) is 0 Å². The van der Waals surface area contributed by atoms with Crippen LogP contribution < -0.4 is 5.32 Å². The zero-order valence-corrected chi connectivity index (χ0v) is 10.6. The Morgan fingerprint density at radius 3 is 2.62 bits per heavy atom. The van der Waals surface area contributed by atoms with Crippen molar-refractivity contribution >= 4 is 5.91 Å². The van der Waals surface area contributed by atoms with Crippen LogP contribution in [0.3, 0.4) is 0 Å². The Labute approximate surface area is 98.0 Å². The van der Waals surface area contributed by atoms with Crippen LogP contribution in [0.2, 0.25) is 0 Å². The molecule has 4 heteroatoms. The zero-order valence-electron chi connectivity index (χ0n) is 10.6. The van der Waals surface area contributed by atoms with Gasteiger partial charge in [-0.05, 0) is 33.2 Å². The van der Waals surface area contributed by atoms with Crippen molar-refractivity contribution in [1.29, 1.82) is 0 Å². The second kappa shape index (κ2) is 4.72. The summed E-state index contributed by atoms with van der Waals surface area (Å²) in [5.41, 5.74) is 0. The van der Waals surface area contributed by atoms with Gasteiger partial charge >= 0.3 is 0 Å².